The van der Waals surface area contributed by atoms with E-state index in [2.05, 4.69) is 76.2 Å². The molecule has 1 fully saturated rings. The number of urea groups is 1. The number of hydrogen-bond acceptors (Lipinski definition) is 8. The van der Waals surface area contributed by atoms with Crippen LogP contribution in [0.25, 0.3) is 5.52 Å². The van der Waals surface area contributed by atoms with Crippen LogP contribution in [0.2, 0.25) is 0 Å². The Morgan fingerprint density at radius 3 is 2.58 bits per heavy atom. The van der Waals surface area contributed by atoms with E-state index in [9.17, 15) is 15.0 Å². The first-order chi connectivity index (χ1) is 18.9. The van der Waals surface area contributed by atoms with E-state index in [1.807, 2.05) is 24.3 Å². The molecule has 1 aliphatic heterocycles. The highest BCUT2D eigenvalue weighted by atomic mass is 79.9. The molecule has 1 saturated heterocycles. The summed E-state index contributed by atoms with van der Waals surface area (Å²) in [6, 6.07) is 9.56. The molecule has 1 aromatic carbocycles. The highest BCUT2D eigenvalue weighted by Gasteiger charge is 2.45. The summed E-state index contributed by atoms with van der Waals surface area (Å²) >= 11 is 3.48. The fraction of sp³-hybridized carbons (Fsp3) is 0.536. The fourth-order valence-corrected chi connectivity index (χ4v) is 5.50. The summed E-state index contributed by atoms with van der Waals surface area (Å²) in [4.78, 5) is 18.6. The van der Waals surface area contributed by atoms with Crippen molar-refractivity contribution in [2.45, 2.75) is 76.9 Å². The van der Waals surface area contributed by atoms with E-state index >= 15 is 0 Å². The van der Waals surface area contributed by atoms with E-state index in [-0.39, 0.29) is 17.5 Å². The lowest BCUT2D eigenvalue weighted by atomic mass is 9.87. The average molecular weight is 619 g/mol. The molecule has 0 unspecified atom stereocenters. The first-order valence-electron chi connectivity index (χ1n) is 13.6. The van der Waals surface area contributed by atoms with Crippen LogP contribution in [0.4, 0.5) is 16.3 Å². The maximum absolute atomic E-state index is 12.4. The van der Waals surface area contributed by atoms with Crippen molar-refractivity contribution in [3.05, 3.63) is 52.4 Å². The molecule has 0 saturated carbocycles. The molecule has 4 atom stereocenters. The lowest BCUT2D eigenvalue weighted by Crippen LogP contribution is -2.44. The second-order valence-corrected chi connectivity index (χ2v) is 12.4. The molecular weight excluding hydrogens is 578 g/mol. The topological polar surface area (TPSA) is 150 Å². The summed E-state index contributed by atoms with van der Waals surface area (Å²) in [5.41, 5.74) is 9.15. The second kappa shape index (κ2) is 12.4. The van der Waals surface area contributed by atoms with E-state index < -0.39 is 24.4 Å². The number of aromatic nitrogens is 3. The average Bonchev–Trinajstić information content (AvgIpc) is 3.37. The molecule has 6 N–H and O–H groups in total. The minimum atomic E-state index is -1.14. The molecule has 11 nitrogen and oxygen atoms in total. The van der Waals surface area contributed by atoms with Crippen LogP contribution in [-0.4, -0.2) is 79.7 Å². The van der Waals surface area contributed by atoms with Gasteiger partial charge in [-0.25, -0.2) is 14.3 Å². The van der Waals surface area contributed by atoms with Crippen molar-refractivity contribution in [3.8, 4) is 0 Å². The van der Waals surface area contributed by atoms with Gasteiger partial charge in [-0.3, -0.25) is 4.90 Å². The van der Waals surface area contributed by atoms with Crippen molar-refractivity contribution >= 4 is 39.0 Å². The number of carbonyl (C=O) groups is 1. The zero-order valence-corrected chi connectivity index (χ0v) is 25.2. The lowest BCUT2D eigenvalue weighted by Gasteiger charge is -2.30. The number of halogens is 1. The minimum absolute atomic E-state index is 0.0546. The van der Waals surface area contributed by atoms with Crippen LogP contribution in [0.15, 0.2) is 41.1 Å². The third kappa shape index (κ3) is 6.74. The van der Waals surface area contributed by atoms with Crippen molar-refractivity contribution in [3.63, 3.8) is 0 Å². The Bertz CT molecular complexity index is 1310. The van der Waals surface area contributed by atoms with Crippen LogP contribution < -0.4 is 16.4 Å². The van der Waals surface area contributed by atoms with Gasteiger partial charge in [0, 0.05) is 35.8 Å². The molecular formula is C28H40BrN7O4. The molecule has 2 amide bonds. The Morgan fingerprint density at radius 2 is 1.93 bits per heavy atom. The number of amides is 2. The summed E-state index contributed by atoms with van der Waals surface area (Å²) in [7, 11) is 0. The van der Waals surface area contributed by atoms with E-state index in [0.717, 1.165) is 5.69 Å². The Kier molecular flexibility index (Phi) is 9.36. The Labute approximate surface area is 243 Å². The van der Waals surface area contributed by atoms with Gasteiger partial charge in [-0.2, -0.15) is 5.10 Å². The molecule has 3 heterocycles. The van der Waals surface area contributed by atoms with Gasteiger partial charge in [-0.05, 0) is 65.4 Å². The third-order valence-electron chi connectivity index (χ3n) is 7.28. The van der Waals surface area contributed by atoms with E-state index in [0.29, 0.717) is 47.6 Å². The molecule has 0 bridgehead atoms. The largest absolute Gasteiger partial charge is 0.388 e. The molecule has 3 aromatic rings. The summed E-state index contributed by atoms with van der Waals surface area (Å²) in [6.07, 6.45) is -1.57. The van der Waals surface area contributed by atoms with Gasteiger partial charge in [0.15, 0.2) is 5.82 Å². The quantitative estimate of drug-likeness (QED) is 0.229. The van der Waals surface area contributed by atoms with Crippen LogP contribution in [0.5, 0.6) is 0 Å². The van der Waals surface area contributed by atoms with E-state index in [1.165, 1.54) is 11.9 Å². The number of benzene rings is 1. The van der Waals surface area contributed by atoms with Crippen LogP contribution in [0, 0.1) is 0 Å². The Balaban J connectivity index is 1.30. The van der Waals surface area contributed by atoms with Crippen LogP contribution >= 0.6 is 15.9 Å². The number of nitrogen functional groups attached to an aromatic ring is 1. The monoisotopic (exact) mass is 617 g/mol. The van der Waals surface area contributed by atoms with Gasteiger partial charge in [0.1, 0.15) is 30.2 Å². The molecule has 1 aliphatic rings. The second-order valence-electron chi connectivity index (χ2n) is 11.5. The summed E-state index contributed by atoms with van der Waals surface area (Å²) in [6.45, 7) is 12.2. The number of carbonyl (C=O) groups excluding carboxylic acids is 1. The first kappa shape index (κ1) is 30.2. The lowest BCUT2D eigenvalue weighted by molar-refractivity contribution is -0.0186. The molecule has 0 spiro atoms. The normalized spacial score (nSPS) is 21.4. The number of hydrogen-bond donors (Lipinski definition) is 5. The zero-order chi connectivity index (χ0) is 29.2. The molecule has 0 aliphatic carbocycles. The number of aliphatic hydroxyl groups excluding tert-OH is 2. The van der Waals surface area contributed by atoms with Gasteiger partial charge in [0.05, 0.1) is 11.8 Å². The highest BCUT2D eigenvalue weighted by molar-refractivity contribution is 9.10. The number of nitrogens with zero attached hydrogens (tertiary/aromatic N) is 4. The molecule has 2 aromatic heterocycles. The highest BCUT2D eigenvalue weighted by Crippen LogP contribution is 2.37. The summed E-state index contributed by atoms with van der Waals surface area (Å²) < 4.78 is 8.44. The fourth-order valence-electron chi connectivity index (χ4n) is 4.90. The SMILES string of the molecule is CC(C)N(CCCNC(=O)Nc1ccc(C(C)(C)C)cc1)C[C@H]1O[C@@H](c2cc(Br)c3c(N)ncnn23)[C@H](O)[C@@H]1O. The van der Waals surface area contributed by atoms with Gasteiger partial charge in [-0.1, -0.05) is 32.9 Å². The first-order valence-corrected chi connectivity index (χ1v) is 14.3. The predicted molar refractivity (Wildman–Crippen MR) is 158 cm³/mol. The molecule has 12 heteroatoms. The smallest absolute Gasteiger partial charge is 0.319 e. The number of nitrogens with one attached hydrogen (secondary N) is 2. The minimum Gasteiger partial charge on any atom is -0.388 e. The maximum atomic E-state index is 12.4. The van der Waals surface area contributed by atoms with Crippen molar-refractivity contribution in [1.29, 1.82) is 0 Å². The number of fused-ring (bicyclic) bond motifs is 1. The van der Waals surface area contributed by atoms with Crippen molar-refractivity contribution < 1.29 is 19.7 Å². The van der Waals surface area contributed by atoms with Crippen LogP contribution in [0.1, 0.15) is 58.4 Å². The van der Waals surface area contributed by atoms with Crippen LogP contribution in [0.3, 0.4) is 0 Å². The zero-order valence-electron chi connectivity index (χ0n) is 23.6. The summed E-state index contributed by atoms with van der Waals surface area (Å²) in [5.74, 6) is 0.296. The maximum Gasteiger partial charge on any atom is 0.319 e. The predicted octanol–water partition coefficient (Wildman–Crippen LogP) is 3.46. The van der Waals surface area contributed by atoms with Crippen molar-refractivity contribution in [2.24, 2.45) is 0 Å². The van der Waals surface area contributed by atoms with Crippen LogP contribution in [-0.2, 0) is 10.2 Å². The Morgan fingerprint density at radius 1 is 1.23 bits per heavy atom. The number of anilines is 2. The number of nitrogens with two attached hydrogens (primary N) is 1. The van der Waals surface area contributed by atoms with Gasteiger partial charge < -0.3 is 31.3 Å². The standard InChI is InChI=1S/C28H40BrN7O4/c1-16(2)35(12-6-11-31-27(39)34-18-9-7-17(8-10-18)28(3,4)5)14-21-23(37)24(38)25(40-21)20-13-19(29)22-26(30)32-15-33-36(20)22/h7-10,13,15-16,21,23-25,37-38H,6,11-12,14H2,1-5H3,(H2,30,32,33)(H2,31,34,39)/t21-,23-,24-,25+/m1/s1. The van der Waals surface area contributed by atoms with Crippen molar-refractivity contribution in [1.82, 2.24) is 24.8 Å². The number of aliphatic hydroxyl groups is 2. The molecule has 0 radical (unpaired) electrons. The number of rotatable bonds is 9. The van der Waals surface area contributed by atoms with Gasteiger partial charge in [-0.15, -0.1) is 0 Å². The van der Waals surface area contributed by atoms with Gasteiger partial charge in [0.2, 0.25) is 0 Å². The Hall–Kier alpha value is -2.77. The molecule has 40 heavy (non-hydrogen) atoms. The van der Waals surface area contributed by atoms with Crippen molar-refractivity contribution in [2.75, 3.05) is 30.7 Å². The third-order valence-corrected chi connectivity index (χ3v) is 7.88. The molecule has 218 valence electrons. The molecule has 4 rings (SSSR count). The number of ether oxygens (including phenoxy) is 1. The van der Waals surface area contributed by atoms with Gasteiger partial charge >= 0.3 is 6.03 Å². The van der Waals surface area contributed by atoms with E-state index in [4.69, 9.17) is 10.5 Å². The summed E-state index contributed by atoms with van der Waals surface area (Å²) in [5, 5.41) is 31.8. The van der Waals surface area contributed by atoms with Gasteiger partial charge in [0.25, 0.3) is 0 Å². The van der Waals surface area contributed by atoms with E-state index in [1.54, 1.807) is 10.6 Å².